The molecule has 1 rings (SSSR count). The Balaban J connectivity index is 2.24. The molecular formula is C13H16Cl2O2S2. The lowest BCUT2D eigenvalue weighted by Crippen LogP contribution is -2.15. The molecule has 0 amide bonds. The minimum Gasteiger partial charge on any atom is -0.469 e. The molecule has 0 aliphatic rings. The van der Waals surface area contributed by atoms with Crippen LogP contribution in [0, 0.1) is 5.92 Å². The van der Waals surface area contributed by atoms with E-state index in [1.54, 1.807) is 35.7 Å². The molecule has 1 unspecified atom stereocenters. The van der Waals surface area contributed by atoms with Gasteiger partial charge in [-0.25, -0.2) is 0 Å². The lowest BCUT2D eigenvalue weighted by Gasteiger charge is -2.08. The number of rotatable bonds is 7. The molecule has 0 aromatic heterocycles. The molecule has 6 heteroatoms. The summed E-state index contributed by atoms with van der Waals surface area (Å²) in [6, 6.07) is 5.45. The van der Waals surface area contributed by atoms with Gasteiger partial charge in [0.15, 0.2) is 0 Å². The zero-order valence-corrected chi connectivity index (χ0v) is 14.0. The highest BCUT2D eigenvalue weighted by molar-refractivity contribution is 8.03. The molecule has 0 heterocycles. The molecule has 0 fully saturated rings. The first-order chi connectivity index (χ1) is 9.04. The molecular weight excluding hydrogens is 323 g/mol. The highest BCUT2D eigenvalue weighted by atomic mass is 35.5. The molecule has 19 heavy (non-hydrogen) atoms. The standard InChI is InChI=1S/C13H16Cl2O2S2/c1-9(13(16)17-2)8-18-5-6-19-12-7-10(14)3-4-11(12)15/h3-4,7,9H,5-6,8H2,1-2H3. The number of hydrogen-bond acceptors (Lipinski definition) is 4. The number of thioether (sulfide) groups is 2. The summed E-state index contributed by atoms with van der Waals surface area (Å²) < 4.78 is 4.68. The number of carbonyl (C=O) groups is 1. The van der Waals surface area contributed by atoms with Crippen LogP contribution in [0.1, 0.15) is 6.92 Å². The fourth-order valence-electron chi connectivity index (χ4n) is 1.33. The summed E-state index contributed by atoms with van der Waals surface area (Å²) in [7, 11) is 1.42. The van der Waals surface area contributed by atoms with E-state index in [1.165, 1.54) is 7.11 Å². The van der Waals surface area contributed by atoms with Gasteiger partial charge in [-0.05, 0) is 18.2 Å². The van der Waals surface area contributed by atoms with E-state index in [-0.39, 0.29) is 11.9 Å². The Bertz CT molecular complexity index is 427. The van der Waals surface area contributed by atoms with Crippen LogP contribution in [0.25, 0.3) is 0 Å². The maximum absolute atomic E-state index is 11.2. The van der Waals surface area contributed by atoms with Gasteiger partial charge >= 0.3 is 5.97 Å². The van der Waals surface area contributed by atoms with Crippen molar-refractivity contribution in [1.29, 1.82) is 0 Å². The molecule has 106 valence electrons. The summed E-state index contributed by atoms with van der Waals surface area (Å²) in [6.45, 7) is 1.87. The number of esters is 1. The Hall–Kier alpha value is -0.0300. The van der Waals surface area contributed by atoms with Gasteiger partial charge in [-0.2, -0.15) is 11.8 Å². The van der Waals surface area contributed by atoms with Gasteiger partial charge in [0.05, 0.1) is 18.1 Å². The molecule has 0 bridgehead atoms. The van der Waals surface area contributed by atoms with Crippen molar-refractivity contribution in [1.82, 2.24) is 0 Å². The molecule has 0 spiro atoms. The van der Waals surface area contributed by atoms with Gasteiger partial charge in [-0.1, -0.05) is 30.1 Å². The molecule has 0 aliphatic heterocycles. The summed E-state index contributed by atoms with van der Waals surface area (Å²) in [4.78, 5) is 12.2. The Morgan fingerprint density at radius 3 is 2.79 bits per heavy atom. The van der Waals surface area contributed by atoms with E-state index in [1.807, 2.05) is 13.0 Å². The highest BCUT2D eigenvalue weighted by Gasteiger charge is 2.12. The number of methoxy groups -OCH3 is 1. The molecule has 0 saturated heterocycles. The van der Waals surface area contributed by atoms with E-state index >= 15 is 0 Å². The van der Waals surface area contributed by atoms with E-state index in [0.717, 1.165) is 27.2 Å². The summed E-state index contributed by atoms with van der Waals surface area (Å²) in [6.07, 6.45) is 0. The van der Waals surface area contributed by atoms with Crippen LogP contribution in [-0.4, -0.2) is 30.3 Å². The molecule has 1 aromatic rings. The van der Waals surface area contributed by atoms with Crippen LogP contribution in [-0.2, 0) is 9.53 Å². The first kappa shape index (κ1) is 17.0. The Morgan fingerprint density at radius 2 is 2.11 bits per heavy atom. The molecule has 1 aromatic carbocycles. The molecule has 2 nitrogen and oxygen atoms in total. The van der Waals surface area contributed by atoms with Crippen LogP contribution < -0.4 is 0 Å². The van der Waals surface area contributed by atoms with Gasteiger partial charge in [0.25, 0.3) is 0 Å². The van der Waals surface area contributed by atoms with Gasteiger partial charge in [-0.3, -0.25) is 4.79 Å². The van der Waals surface area contributed by atoms with Gasteiger partial charge in [0.2, 0.25) is 0 Å². The topological polar surface area (TPSA) is 26.3 Å². The van der Waals surface area contributed by atoms with Gasteiger partial charge in [0, 0.05) is 27.2 Å². The monoisotopic (exact) mass is 338 g/mol. The van der Waals surface area contributed by atoms with Crippen molar-refractivity contribution in [3.05, 3.63) is 28.2 Å². The fraction of sp³-hybridized carbons (Fsp3) is 0.462. The van der Waals surface area contributed by atoms with Crippen molar-refractivity contribution in [2.24, 2.45) is 5.92 Å². The molecule has 1 atom stereocenters. The lowest BCUT2D eigenvalue weighted by atomic mass is 10.2. The summed E-state index contributed by atoms with van der Waals surface area (Å²) >= 11 is 15.4. The van der Waals surface area contributed by atoms with E-state index in [0.29, 0.717) is 5.02 Å². The van der Waals surface area contributed by atoms with Crippen LogP contribution in [0.5, 0.6) is 0 Å². The van der Waals surface area contributed by atoms with Crippen molar-refractivity contribution < 1.29 is 9.53 Å². The average molecular weight is 339 g/mol. The zero-order valence-electron chi connectivity index (χ0n) is 10.8. The Labute approximate surface area is 132 Å². The second-order valence-corrected chi connectivity index (χ2v) is 7.05. The van der Waals surface area contributed by atoms with E-state index in [4.69, 9.17) is 23.2 Å². The number of carbonyl (C=O) groups excluding carboxylic acids is 1. The van der Waals surface area contributed by atoms with Gasteiger partial charge in [0.1, 0.15) is 0 Å². The third-order valence-electron chi connectivity index (χ3n) is 2.35. The van der Waals surface area contributed by atoms with Crippen molar-refractivity contribution in [2.75, 3.05) is 24.4 Å². The highest BCUT2D eigenvalue weighted by Crippen LogP contribution is 2.30. The summed E-state index contributed by atoms with van der Waals surface area (Å²) in [5.41, 5.74) is 0. The average Bonchev–Trinajstić information content (AvgIpc) is 2.40. The lowest BCUT2D eigenvalue weighted by molar-refractivity contribution is -0.143. The SMILES string of the molecule is COC(=O)C(C)CSCCSc1cc(Cl)ccc1Cl. The molecule has 0 radical (unpaired) electrons. The van der Waals surface area contributed by atoms with Gasteiger partial charge < -0.3 is 4.74 Å². The number of benzene rings is 1. The summed E-state index contributed by atoms with van der Waals surface area (Å²) in [5, 5.41) is 1.42. The third-order valence-corrected chi connectivity index (χ3v) is 5.57. The van der Waals surface area contributed by atoms with Crippen molar-refractivity contribution >= 4 is 52.7 Å². The Kier molecular flexibility index (Phi) is 8.07. The smallest absolute Gasteiger partial charge is 0.309 e. The van der Waals surface area contributed by atoms with Crippen LogP contribution >= 0.6 is 46.7 Å². The quantitative estimate of drug-likeness (QED) is 0.411. The minimum atomic E-state index is -0.155. The van der Waals surface area contributed by atoms with Crippen LogP contribution in [0.4, 0.5) is 0 Å². The first-order valence-corrected chi connectivity index (χ1v) is 8.67. The predicted molar refractivity (Wildman–Crippen MR) is 85.7 cm³/mol. The number of hydrogen-bond donors (Lipinski definition) is 0. The normalized spacial score (nSPS) is 12.2. The van der Waals surface area contributed by atoms with Crippen molar-refractivity contribution in [2.45, 2.75) is 11.8 Å². The van der Waals surface area contributed by atoms with E-state index < -0.39 is 0 Å². The third kappa shape index (κ3) is 6.30. The van der Waals surface area contributed by atoms with E-state index in [9.17, 15) is 4.79 Å². The molecule has 0 N–H and O–H groups in total. The first-order valence-electron chi connectivity index (χ1n) is 5.78. The number of halogens is 2. The fourth-order valence-corrected chi connectivity index (χ4v) is 3.94. The second-order valence-electron chi connectivity index (χ2n) is 3.92. The summed E-state index contributed by atoms with van der Waals surface area (Å²) in [5.74, 6) is 2.44. The molecule has 0 aliphatic carbocycles. The predicted octanol–water partition coefficient (Wildman–Crippen LogP) is 4.63. The zero-order chi connectivity index (χ0) is 14.3. The largest absolute Gasteiger partial charge is 0.469 e. The second kappa shape index (κ2) is 9.01. The van der Waals surface area contributed by atoms with Crippen molar-refractivity contribution in [3.8, 4) is 0 Å². The van der Waals surface area contributed by atoms with Crippen molar-refractivity contribution in [3.63, 3.8) is 0 Å². The maximum Gasteiger partial charge on any atom is 0.309 e. The van der Waals surface area contributed by atoms with Crippen LogP contribution in [0.2, 0.25) is 10.0 Å². The van der Waals surface area contributed by atoms with Crippen LogP contribution in [0.15, 0.2) is 23.1 Å². The van der Waals surface area contributed by atoms with Crippen LogP contribution in [0.3, 0.4) is 0 Å². The minimum absolute atomic E-state index is 0.0604. The van der Waals surface area contributed by atoms with E-state index in [2.05, 4.69) is 4.74 Å². The Morgan fingerprint density at radius 1 is 1.37 bits per heavy atom. The maximum atomic E-state index is 11.2. The number of ether oxygens (including phenoxy) is 1. The molecule has 0 saturated carbocycles. The van der Waals surface area contributed by atoms with Gasteiger partial charge in [-0.15, -0.1) is 11.8 Å².